The number of hydrogen-bond acceptors (Lipinski definition) is 6. The number of anilines is 1. The largest absolute Gasteiger partial charge is 0.494 e. The van der Waals surface area contributed by atoms with Gasteiger partial charge in [-0.25, -0.2) is 4.39 Å². The Hall–Kier alpha value is -2.44. The van der Waals surface area contributed by atoms with Crippen molar-refractivity contribution < 1.29 is 13.9 Å². The predicted octanol–water partition coefficient (Wildman–Crippen LogP) is 1.67. The molecule has 7 heteroatoms. The molecule has 0 amide bonds. The van der Waals surface area contributed by atoms with Crippen LogP contribution in [0.1, 0.15) is 6.92 Å². The van der Waals surface area contributed by atoms with E-state index in [4.69, 9.17) is 15.2 Å². The predicted molar refractivity (Wildman–Crippen MR) is 67.4 cm³/mol. The fourth-order valence-corrected chi connectivity index (χ4v) is 1.50. The first-order valence-electron chi connectivity index (χ1n) is 5.62. The molecule has 6 nitrogen and oxygen atoms in total. The lowest BCUT2D eigenvalue weighted by atomic mass is 10.2. The Balaban J connectivity index is 2.43. The van der Waals surface area contributed by atoms with Gasteiger partial charge in [-0.1, -0.05) is 0 Å². The first-order valence-corrected chi connectivity index (χ1v) is 5.62. The number of ether oxygens (including phenoxy) is 2. The summed E-state index contributed by atoms with van der Waals surface area (Å²) in [5.41, 5.74) is 6.03. The highest BCUT2D eigenvalue weighted by atomic mass is 19.1. The minimum absolute atomic E-state index is 0.0182. The molecule has 0 saturated carbocycles. The van der Waals surface area contributed by atoms with Crippen LogP contribution in [-0.4, -0.2) is 28.7 Å². The maximum absolute atomic E-state index is 13.6. The molecule has 19 heavy (non-hydrogen) atoms. The zero-order valence-corrected chi connectivity index (χ0v) is 10.6. The van der Waals surface area contributed by atoms with Crippen LogP contribution >= 0.6 is 0 Å². The van der Waals surface area contributed by atoms with E-state index in [0.717, 1.165) is 0 Å². The highest BCUT2D eigenvalue weighted by Crippen LogP contribution is 2.24. The summed E-state index contributed by atoms with van der Waals surface area (Å²) in [6.07, 6.45) is 0. The summed E-state index contributed by atoms with van der Waals surface area (Å²) in [7, 11) is 1.40. The Bertz CT molecular complexity index is 592. The Morgan fingerprint density at radius 1 is 1.26 bits per heavy atom. The van der Waals surface area contributed by atoms with Gasteiger partial charge in [0.1, 0.15) is 0 Å². The second kappa shape index (κ2) is 5.47. The van der Waals surface area contributed by atoms with Crippen LogP contribution < -0.4 is 15.2 Å². The van der Waals surface area contributed by atoms with Gasteiger partial charge >= 0.3 is 6.01 Å². The third-order valence-electron chi connectivity index (χ3n) is 2.32. The molecule has 0 aliphatic carbocycles. The zero-order valence-electron chi connectivity index (χ0n) is 10.6. The molecule has 0 radical (unpaired) electrons. The monoisotopic (exact) mass is 264 g/mol. The summed E-state index contributed by atoms with van der Waals surface area (Å²) >= 11 is 0. The fraction of sp³-hybridized carbons (Fsp3) is 0.250. The van der Waals surface area contributed by atoms with E-state index in [1.54, 1.807) is 13.0 Å². The normalized spacial score (nSPS) is 10.3. The molecule has 0 aliphatic rings. The van der Waals surface area contributed by atoms with Crippen LogP contribution in [0.5, 0.6) is 11.8 Å². The van der Waals surface area contributed by atoms with Gasteiger partial charge in [0.15, 0.2) is 17.4 Å². The summed E-state index contributed by atoms with van der Waals surface area (Å²) in [5.74, 6) is -0.0880. The average molecular weight is 264 g/mol. The summed E-state index contributed by atoms with van der Waals surface area (Å²) in [6, 6.07) is 4.50. The summed E-state index contributed by atoms with van der Waals surface area (Å²) in [6.45, 7) is 2.20. The van der Waals surface area contributed by atoms with Crippen molar-refractivity contribution in [3.8, 4) is 23.1 Å². The van der Waals surface area contributed by atoms with E-state index in [9.17, 15) is 4.39 Å². The maximum atomic E-state index is 13.6. The second-order valence-corrected chi connectivity index (χ2v) is 3.58. The molecule has 0 aliphatic heterocycles. The van der Waals surface area contributed by atoms with E-state index in [1.807, 2.05) is 0 Å². The van der Waals surface area contributed by atoms with Crippen LogP contribution in [0, 0.1) is 5.82 Å². The molecule has 2 aromatic rings. The van der Waals surface area contributed by atoms with E-state index in [0.29, 0.717) is 12.2 Å². The molecule has 2 N–H and O–H groups in total. The Morgan fingerprint density at radius 3 is 2.68 bits per heavy atom. The topological polar surface area (TPSA) is 83.2 Å². The lowest BCUT2D eigenvalue weighted by molar-refractivity contribution is 0.312. The van der Waals surface area contributed by atoms with Gasteiger partial charge in [-0.05, 0) is 25.1 Å². The highest BCUT2D eigenvalue weighted by Gasteiger charge is 2.10. The average Bonchev–Trinajstić information content (AvgIpc) is 2.38. The zero-order chi connectivity index (χ0) is 13.8. The molecule has 0 saturated heterocycles. The van der Waals surface area contributed by atoms with Crippen LogP contribution in [0.4, 0.5) is 10.3 Å². The first kappa shape index (κ1) is 13.0. The lowest BCUT2D eigenvalue weighted by Crippen LogP contribution is -2.05. The van der Waals surface area contributed by atoms with Crippen LogP contribution in [0.3, 0.4) is 0 Å². The third-order valence-corrected chi connectivity index (χ3v) is 2.32. The molecule has 0 fully saturated rings. The van der Waals surface area contributed by atoms with Gasteiger partial charge in [-0.15, -0.1) is 0 Å². The lowest BCUT2D eigenvalue weighted by Gasteiger charge is -2.06. The summed E-state index contributed by atoms with van der Waals surface area (Å²) in [4.78, 5) is 11.8. The van der Waals surface area contributed by atoms with E-state index in [2.05, 4.69) is 15.0 Å². The molecule has 1 aromatic heterocycles. The first-order chi connectivity index (χ1) is 9.13. The van der Waals surface area contributed by atoms with Crippen molar-refractivity contribution in [2.75, 3.05) is 19.5 Å². The van der Waals surface area contributed by atoms with Gasteiger partial charge < -0.3 is 15.2 Å². The van der Waals surface area contributed by atoms with Crippen molar-refractivity contribution in [3.05, 3.63) is 24.0 Å². The van der Waals surface area contributed by atoms with E-state index in [1.165, 1.54) is 19.2 Å². The highest BCUT2D eigenvalue weighted by molar-refractivity contribution is 5.57. The van der Waals surface area contributed by atoms with Crippen molar-refractivity contribution >= 4 is 5.95 Å². The quantitative estimate of drug-likeness (QED) is 0.904. The maximum Gasteiger partial charge on any atom is 0.321 e. The minimum atomic E-state index is -0.503. The number of methoxy groups -OCH3 is 1. The van der Waals surface area contributed by atoms with Crippen LogP contribution in [0.25, 0.3) is 11.4 Å². The van der Waals surface area contributed by atoms with Crippen LogP contribution in [0.15, 0.2) is 18.2 Å². The number of hydrogen-bond donors (Lipinski definition) is 1. The number of nitrogen functional groups attached to an aromatic ring is 1. The minimum Gasteiger partial charge on any atom is -0.494 e. The Morgan fingerprint density at radius 2 is 2.05 bits per heavy atom. The van der Waals surface area contributed by atoms with E-state index in [-0.39, 0.29) is 23.5 Å². The molecular formula is C12H13FN4O2. The Kier molecular flexibility index (Phi) is 3.74. The van der Waals surface area contributed by atoms with Crippen molar-refractivity contribution in [1.29, 1.82) is 0 Å². The number of nitrogens with two attached hydrogens (primary N) is 1. The van der Waals surface area contributed by atoms with Crippen molar-refractivity contribution in [2.24, 2.45) is 0 Å². The van der Waals surface area contributed by atoms with Gasteiger partial charge in [0.25, 0.3) is 0 Å². The van der Waals surface area contributed by atoms with E-state index >= 15 is 0 Å². The Labute approximate surface area is 109 Å². The van der Waals surface area contributed by atoms with Crippen molar-refractivity contribution in [2.45, 2.75) is 6.92 Å². The number of nitrogens with zero attached hydrogens (tertiary/aromatic N) is 3. The van der Waals surface area contributed by atoms with Gasteiger partial charge in [0, 0.05) is 5.56 Å². The molecule has 0 spiro atoms. The molecule has 0 bridgehead atoms. The molecule has 1 aromatic carbocycles. The molecule has 0 unspecified atom stereocenters. The number of halogens is 1. The fourth-order valence-electron chi connectivity index (χ4n) is 1.50. The van der Waals surface area contributed by atoms with Crippen molar-refractivity contribution in [1.82, 2.24) is 15.0 Å². The summed E-state index contributed by atoms with van der Waals surface area (Å²) in [5, 5.41) is 0. The van der Waals surface area contributed by atoms with Gasteiger partial charge in [-0.3, -0.25) is 0 Å². The SMILES string of the molecule is CCOc1nc(N)nc(-c2ccc(OC)c(F)c2)n1. The van der Waals surface area contributed by atoms with Gasteiger partial charge in [0.2, 0.25) is 5.95 Å². The smallest absolute Gasteiger partial charge is 0.321 e. The number of aromatic nitrogens is 3. The molecule has 1 heterocycles. The molecule has 100 valence electrons. The second-order valence-electron chi connectivity index (χ2n) is 3.58. The van der Waals surface area contributed by atoms with E-state index < -0.39 is 5.82 Å². The molecule has 2 rings (SSSR count). The number of benzene rings is 1. The molecule has 0 atom stereocenters. The van der Waals surface area contributed by atoms with Gasteiger partial charge in [0.05, 0.1) is 13.7 Å². The standard InChI is InChI=1S/C12H13FN4O2/c1-3-19-12-16-10(15-11(14)17-12)7-4-5-9(18-2)8(13)6-7/h4-6H,3H2,1-2H3,(H2,14,15,16,17). The van der Waals surface area contributed by atoms with Crippen LogP contribution in [0.2, 0.25) is 0 Å². The molecular weight excluding hydrogens is 251 g/mol. The van der Waals surface area contributed by atoms with Crippen molar-refractivity contribution in [3.63, 3.8) is 0 Å². The number of rotatable bonds is 4. The third kappa shape index (κ3) is 2.87. The van der Waals surface area contributed by atoms with Gasteiger partial charge in [-0.2, -0.15) is 15.0 Å². The van der Waals surface area contributed by atoms with Crippen LogP contribution in [-0.2, 0) is 0 Å². The summed E-state index contributed by atoms with van der Waals surface area (Å²) < 4.78 is 23.6.